The van der Waals surface area contributed by atoms with Gasteiger partial charge < -0.3 is 14.5 Å². The van der Waals surface area contributed by atoms with Crippen molar-refractivity contribution in [2.45, 2.75) is 39.2 Å². The summed E-state index contributed by atoms with van der Waals surface area (Å²) in [7, 11) is 1.74. The molecule has 2 aromatic rings. The van der Waals surface area contributed by atoms with Gasteiger partial charge in [0.05, 0.1) is 11.1 Å². The number of ether oxygens (including phenoxy) is 1. The molecular weight excluding hydrogens is 390 g/mol. The van der Waals surface area contributed by atoms with Gasteiger partial charge in [0.15, 0.2) is 0 Å². The number of fused-ring (bicyclic) bond motifs is 1. The molecule has 1 fully saturated rings. The molecule has 1 aromatic carbocycles. The van der Waals surface area contributed by atoms with E-state index in [0.29, 0.717) is 35.9 Å². The lowest BCUT2D eigenvalue weighted by molar-refractivity contribution is 0.0244. The zero-order valence-corrected chi connectivity index (χ0v) is 18.2. The van der Waals surface area contributed by atoms with Gasteiger partial charge in [-0.3, -0.25) is 4.79 Å². The van der Waals surface area contributed by atoms with Crippen LogP contribution in [0.25, 0.3) is 10.9 Å². The van der Waals surface area contributed by atoms with Crippen LogP contribution >= 0.6 is 11.6 Å². The minimum absolute atomic E-state index is 0.0462. The van der Waals surface area contributed by atoms with Gasteiger partial charge in [-0.15, -0.1) is 0 Å². The molecule has 0 spiro atoms. The van der Waals surface area contributed by atoms with Crippen molar-refractivity contribution in [1.82, 2.24) is 14.8 Å². The summed E-state index contributed by atoms with van der Waals surface area (Å²) in [6.45, 7) is 7.40. The SMILES string of the molecule is CN(CC1CCCN(C(=O)c2cc(Cl)nc3ccccc23)C1)C(=O)OC(C)(C)C. The quantitative estimate of drug-likeness (QED) is 0.684. The van der Waals surface area contributed by atoms with E-state index >= 15 is 0 Å². The molecular formula is C22H28ClN3O3. The number of carbonyl (C=O) groups is 2. The average Bonchev–Trinajstić information content (AvgIpc) is 2.65. The van der Waals surface area contributed by atoms with Crippen LogP contribution in [0.2, 0.25) is 5.15 Å². The Labute approximate surface area is 176 Å². The first kappa shape index (κ1) is 21.4. The summed E-state index contributed by atoms with van der Waals surface area (Å²) in [5, 5.41) is 1.11. The van der Waals surface area contributed by atoms with Crippen LogP contribution in [0.1, 0.15) is 44.0 Å². The van der Waals surface area contributed by atoms with Crippen LogP contribution in [0, 0.1) is 5.92 Å². The number of hydrogen-bond acceptors (Lipinski definition) is 4. The number of likely N-dealkylation sites (tertiary alicyclic amines) is 1. The summed E-state index contributed by atoms with van der Waals surface area (Å²) in [5.41, 5.74) is 0.755. The maximum Gasteiger partial charge on any atom is 0.410 e. The molecule has 0 bridgehead atoms. The van der Waals surface area contributed by atoms with Gasteiger partial charge in [-0.25, -0.2) is 9.78 Å². The van der Waals surface area contributed by atoms with Gasteiger partial charge in [0.2, 0.25) is 0 Å². The second-order valence-corrected chi connectivity index (χ2v) is 9.02. The van der Waals surface area contributed by atoms with Gasteiger partial charge in [0.25, 0.3) is 5.91 Å². The van der Waals surface area contributed by atoms with Gasteiger partial charge >= 0.3 is 6.09 Å². The summed E-state index contributed by atoms with van der Waals surface area (Å²) in [4.78, 5) is 33.3. The third-order valence-electron chi connectivity index (χ3n) is 4.96. The monoisotopic (exact) mass is 417 g/mol. The van der Waals surface area contributed by atoms with Crippen molar-refractivity contribution < 1.29 is 14.3 Å². The van der Waals surface area contributed by atoms with Crippen LogP contribution < -0.4 is 0 Å². The summed E-state index contributed by atoms with van der Waals surface area (Å²) in [6.07, 6.45) is 1.53. The van der Waals surface area contributed by atoms with E-state index in [4.69, 9.17) is 16.3 Å². The van der Waals surface area contributed by atoms with E-state index in [1.807, 2.05) is 49.9 Å². The highest BCUT2D eigenvalue weighted by atomic mass is 35.5. The fraction of sp³-hybridized carbons (Fsp3) is 0.500. The molecule has 0 radical (unpaired) electrons. The van der Waals surface area contributed by atoms with Crippen molar-refractivity contribution in [3.63, 3.8) is 0 Å². The lowest BCUT2D eigenvalue weighted by atomic mass is 9.96. The lowest BCUT2D eigenvalue weighted by Gasteiger charge is -2.35. The summed E-state index contributed by atoms with van der Waals surface area (Å²) < 4.78 is 5.43. The number of hydrogen-bond donors (Lipinski definition) is 0. The number of pyridine rings is 1. The van der Waals surface area contributed by atoms with Crippen molar-refractivity contribution in [2.75, 3.05) is 26.7 Å². The van der Waals surface area contributed by atoms with E-state index in [-0.39, 0.29) is 17.9 Å². The second-order valence-electron chi connectivity index (χ2n) is 8.63. The molecule has 0 N–H and O–H groups in total. The Morgan fingerprint density at radius 3 is 2.76 bits per heavy atom. The number of piperidine rings is 1. The normalized spacial score (nSPS) is 17.3. The number of carbonyl (C=O) groups excluding carboxylic acids is 2. The highest BCUT2D eigenvalue weighted by Gasteiger charge is 2.28. The molecule has 6 nitrogen and oxygen atoms in total. The minimum Gasteiger partial charge on any atom is -0.444 e. The van der Waals surface area contributed by atoms with E-state index in [1.165, 1.54) is 0 Å². The fourth-order valence-electron chi connectivity index (χ4n) is 3.69. The van der Waals surface area contributed by atoms with E-state index in [2.05, 4.69) is 4.98 Å². The average molecular weight is 418 g/mol. The molecule has 1 saturated heterocycles. The van der Waals surface area contributed by atoms with Gasteiger partial charge in [-0.2, -0.15) is 0 Å². The Bertz CT molecular complexity index is 910. The Balaban J connectivity index is 1.71. The molecule has 156 valence electrons. The van der Waals surface area contributed by atoms with Crippen molar-refractivity contribution >= 4 is 34.5 Å². The molecule has 0 saturated carbocycles. The number of nitrogens with zero attached hydrogens (tertiary/aromatic N) is 3. The zero-order chi connectivity index (χ0) is 21.2. The Kier molecular flexibility index (Phi) is 6.32. The van der Waals surface area contributed by atoms with E-state index in [0.717, 1.165) is 18.2 Å². The number of rotatable bonds is 3. The van der Waals surface area contributed by atoms with Crippen molar-refractivity contribution in [1.29, 1.82) is 0 Å². The first-order valence-electron chi connectivity index (χ1n) is 9.93. The van der Waals surface area contributed by atoms with E-state index in [9.17, 15) is 9.59 Å². The molecule has 1 atom stereocenters. The van der Waals surface area contributed by atoms with Crippen LogP contribution in [-0.2, 0) is 4.74 Å². The van der Waals surface area contributed by atoms with Gasteiger partial charge in [0.1, 0.15) is 10.8 Å². The van der Waals surface area contributed by atoms with Crippen LogP contribution in [0.4, 0.5) is 4.79 Å². The van der Waals surface area contributed by atoms with Crippen LogP contribution in [0.15, 0.2) is 30.3 Å². The third-order valence-corrected chi connectivity index (χ3v) is 5.15. The summed E-state index contributed by atoms with van der Waals surface area (Å²) >= 11 is 6.15. The predicted molar refractivity (Wildman–Crippen MR) is 114 cm³/mol. The topological polar surface area (TPSA) is 62.7 Å². The first-order chi connectivity index (χ1) is 13.6. The Morgan fingerprint density at radius 1 is 1.31 bits per heavy atom. The molecule has 0 aliphatic carbocycles. The van der Waals surface area contributed by atoms with Crippen molar-refractivity contribution in [3.05, 3.63) is 41.0 Å². The van der Waals surface area contributed by atoms with Crippen LogP contribution in [-0.4, -0.2) is 59.1 Å². The van der Waals surface area contributed by atoms with Crippen LogP contribution in [0.5, 0.6) is 0 Å². The molecule has 2 amide bonds. The maximum absolute atomic E-state index is 13.3. The number of halogens is 1. The van der Waals surface area contributed by atoms with Gasteiger partial charge in [0, 0.05) is 32.1 Å². The second kappa shape index (κ2) is 8.57. The van der Waals surface area contributed by atoms with Gasteiger partial charge in [-0.1, -0.05) is 29.8 Å². The number of benzene rings is 1. The minimum atomic E-state index is -0.526. The largest absolute Gasteiger partial charge is 0.444 e. The summed E-state index contributed by atoms with van der Waals surface area (Å²) in [6, 6.07) is 9.16. The number of aromatic nitrogens is 1. The maximum atomic E-state index is 13.3. The molecule has 1 unspecified atom stereocenters. The molecule has 3 rings (SSSR count). The fourth-order valence-corrected chi connectivity index (χ4v) is 3.89. The molecule has 1 aliphatic rings. The number of para-hydroxylation sites is 1. The molecule has 1 aliphatic heterocycles. The van der Waals surface area contributed by atoms with E-state index < -0.39 is 5.60 Å². The van der Waals surface area contributed by atoms with Crippen LogP contribution in [0.3, 0.4) is 0 Å². The van der Waals surface area contributed by atoms with Crippen molar-refractivity contribution in [2.24, 2.45) is 5.92 Å². The zero-order valence-electron chi connectivity index (χ0n) is 17.4. The third kappa shape index (κ3) is 5.38. The van der Waals surface area contributed by atoms with E-state index in [1.54, 1.807) is 18.0 Å². The Hall–Kier alpha value is -2.34. The molecule has 29 heavy (non-hydrogen) atoms. The standard InChI is InChI=1S/C22H28ClN3O3/c1-22(2,3)29-21(28)25(4)13-15-8-7-11-26(14-15)20(27)17-12-19(23)24-18-10-6-5-9-16(17)18/h5-6,9-10,12,15H,7-8,11,13-14H2,1-4H3. The first-order valence-corrected chi connectivity index (χ1v) is 10.3. The molecule has 1 aromatic heterocycles. The smallest absolute Gasteiger partial charge is 0.410 e. The molecule has 2 heterocycles. The van der Waals surface area contributed by atoms with Crippen molar-refractivity contribution in [3.8, 4) is 0 Å². The number of amides is 2. The Morgan fingerprint density at radius 2 is 2.03 bits per heavy atom. The van der Waals surface area contributed by atoms with Gasteiger partial charge in [-0.05, 0) is 51.7 Å². The highest BCUT2D eigenvalue weighted by molar-refractivity contribution is 6.30. The predicted octanol–water partition coefficient (Wildman–Crippen LogP) is 4.61. The molecule has 7 heteroatoms. The highest BCUT2D eigenvalue weighted by Crippen LogP contribution is 2.25. The summed E-state index contributed by atoms with van der Waals surface area (Å²) in [5.74, 6) is 0.156. The lowest BCUT2D eigenvalue weighted by Crippen LogP contribution is -2.45.